The summed E-state index contributed by atoms with van der Waals surface area (Å²) in [6.45, 7) is 1.79. The summed E-state index contributed by atoms with van der Waals surface area (Å²) in [4.78, 5) is 38.3. The van der Waals surface area contributed by atoms with Crippen LogP contribution in [0.4, 0.5) is 4.79 Å². The number of carbonyl (C=O) groups excluding carboxylic acids is 3. The lowest BCUT2D eigenvalue weighted by molar-refractivity contribution is -0.177. The molecule has 16 heavy (non-hydrogen) atoms. The van der Waals surface area contributed by atoms with Gasteiger partial charge in [-0.3, -0.25) is 14.4 Å². The summed E-state index contributed by atoms with van der Waals surface area (Å²) < 4.78 is 4.62. The van der Waals surface area contributed by atoms with Crippen molar-refractivity contribution in [2.75, 3.05) is 6.61 Å². The van der Waals surface area contributed by atoms with Crippen molar-refractivity contribution in [1.29, 1.82) is 0 Å². The molecule has 0 aromatic rings. The molecule has 0 bridgehead atoms. The predicted octanol–water partition coefficient (Wildman–Crippen LogP) is 0.983. The molecule has 1 fully saturated rings. The van der Waals surface area contributed by atoms with Gasteiger partial charge in [-0.15, -0.1) is 0 Å². The molecule has 1 aliphatic heterocycles. The highest BCUT2D eigenvalue weighted by Gasteiger charge is 2.33. The maximum atomic E-state index is 11.1. The Bertz CT molecular complexity index is 325. The Balaban J connectivity index is 2.31. The van der Waals surface area contributed by atoms with Gasteiger partial charge in [-0.2, -0.15) is 0 Å². The number of nitrogens with zero attached hydrogens (tertiary/aromatic N) is 1. The predicted molar refractivity (Wildman–Crippen MR) is 56.4 cm³/mol. The van der Waals surface area contributed by atoms with Gasteiger partial charge in [0.1, 0.15) is 0 Å². The first kappa shape index (κ1) is 12.6. The minimum Gasteiger partial charge on any atom is -0.432 e. The summed E-state index contributed by atoms with van der Waals surface area (Å²) in [6, 6.07) is 0. The largest absolute Gasteiger partial charge is 0.533 e. The first-order valence-electron chi connectivity index (χ1n) is 4.70. The van der Waals surface area contributed by atoms with Crippen molar-refractivity contribution in [3.8, 4) is 0 Å². The second-order valence-corrected chi connectivity index (χ2v) is 3.92. The van der Waals surface area contributed by atoms with Gasteiger partial charge in [0.15, 0.2) is 0 Å². The average molecular weight is 245 g/mol. The van der Waals surface area contributed by atoms with Gasteiger partial charge in [-0.05, 0) is 11.8 Å². The van der Waals surface area contributed by atoms with Crippen LogP contribution in [0.3, 0.4) is 0 Å². The van der Waals surface area contributed by atoms with Crippen molar-refractivity contribution in [3.05, 3.63) is 0 Å². The van der Waals surface area contributed by atoms with Crippen LogP contribution in [-0.4, -0.2) is 34.5 Å². The molecule has 6 nitrogen and oxygen atoms in total. The second kappa shape index (κ2) is 5.55. The van der Waals surface area contributed by atoms with Gasteiger partial charge >= 0.3 is 6.16 Å². The van der Waals surface area contributed by atoms with Crippen molar-refractivity contribution >= 4 is 35.1 Å². The molecule has 7 heteroatoms. The van der Waals surface area contributed by atoms with Crippen LogP contribution in [0.1, 0.15) is 26.2 Å². The van der Waals surface area contributed by atoms with Crippen LogP contribution in [0.2, 0.25) is 0 Å². The van der Waals surface area contributed by atoms with E-state index in [0.717, 1.165) is 0 Å². The van der Waals surface area contributed by atoms with Crippen molar-refractivity contribution in [2.45, 2.75) is 26.2 Å². The lowest BCUT2D eigenvalue weighted by atomic mass is 10.4. The zero-order valence-electron chi connectivity index (χ0n) is 8.73. The molecule has 0 radical (unpaired) electrons. The normalized spacial score (nSPS) is 15.2. The van der Waals surface area contributed by atoms with E-state index < -0.39 is 18.0 Å². The molecule has 0 saturated carbocycles. The van der Waals surface area contributed by atoms with Crippen molar-refractivity contribution < 1.29 is 24.0 Å². The lowest BCUT2D eigenvalue weighted by Gasteiger charge is -2.12. The van der Waals surface area contributed by atoms with E-state index in [0.29, 0.717) is 16.3 Å². The molecule has 0 aromatic carbocycles. The quantitative estimate of drug-likeness (QED) is 0.417. The number of rotatable bonds is 4. The summed E-state index contributed by atoms with van der Waals surface area (Å²) in [5, 5.41) is 0.437. The highest BCUT2D eigenvalue weighted by atomic mass is 32.1. The van der Waals surface area contributed by atoms with E-state index in [1.54, 1.807) is 6.92 Å². The smallest absolute Gasteiger partial charge is 0.432 e. The summed E-state index contributed by atoms with van der Waals surface area (Å²) in [6.07, 6.45) is -0.511. The Kier molecular flexibility index (Phi) is 4.36. The van der Waals surface area contributed by atoms with E-state index in [1.165, 1.54) is 0 Å². The van der Waals surface area contributed by atoms with Crippen LogP contribution >= 0.6 is 12.2 Å². The number of imide groups is 1. The van der Waals surface area contributed by atoms with E-state index in [4.69, 9.17) is 12.2 Å². The number of ether oxygens (including phenoxy) is 1. The van der Waals surface area contributed by atoms with Crippen LogP contribution in [0.5, 0.6) is 0 Å². The maximum absolute atomic E-state index is 11.1. The lowest BCUT2D eigenvalue weighted by Crippen LogP contribution is -2.32. The van der Waals surface area contributed by atoms with Gasteiger partial charge in [0.25, 0.3) is 11.8 Å². The Morgan fingerprint density at radius 3 is 2.44 bits per heavy atom. The van der Waals surface area contributed by atoms with Gasteiger partial charge in [-0.1, -0.05) is 17.3 Å². The molecule has 0 N–H and O–H groups in total. The first-order valence-corrected chi connectivity index (χ1v) is 5.11. The SMILES string of the molecule is CC(=S)CCOC(=O)ON1C(=O)CCC1=O. The highest BCUT2D eigenvalue weighted by Crippen LogP contribution is 2.12. The summed E-state index contributed by atoms with van der Waals surface area (Å²) in [5.41, 5.74) is 0. The van der Waals surface area contributed by atoms with Crippen LogP contribution in [0.15, 0.2) is 0 Å². The van der Waals surface area contributed by atoms with Crippen molar-refractivity contribution in [3.63, 3.8) is 0 Å². The van der Waals surface area contributed by atoms with Crippen LogP contribution in [0, 0.1) is 0 Å². The molecule has 0 aromatic heterocycles. The number of hydrogen-bond donors (Lipinski definition) is 0. The fraction of sp³-hybridized carbons (Fsp3) is 0.556. The van der Waals surface area contributed by atoms with Gasteiger partial charge in [0.2, 0.25) is 0 Å². The molecule has 1 heterocycles. The minimum atomic E-state index is -1.07. The van der Waals surface area contributed by atoms with E-state index >= 15 is 0 Å². The van der Waals surface area contributed by atoms with E-state index in [1.807, 2.05) is 0 Å². The molecule has 1 aliphatic rings. The second-order valence-electron chi connectivity index (χ2n) is 3.22. The summed E-state index contributed by atoms with van der Waals surface area (Å²) in [5.74, 6) is -1.07. The van der Waals surface area contributed by atoms with Crippen molar-refractivity contribution in [2.24, 2.45) is 0 Å². The molecule has 0 spiro atoms. The number of thiocarbonyl (C=S) groups is 1. The third-order valence-electron chi connectivity index (χ3n) is 1.85. The zero-order valence-corrected chi connectivity index (χ0v) is 9.54. The van der Waals surface area contributed by atoms with Crippen molar-refractivity contribution in [1.82, 2.24) is 5.06 Å². The molecule has 2 amide bonds. The van der Waals surface area contributed by atoms with Gasteiger partial charge in [-0.25, -0.2) is 4.79 Å². The Hall–Kier alpha value is -1.50. The van der Waals surface area contributed by atoms with Gasteiger partial charge < -0.3 is 4.74 Å². The molecule has 0 aliphatic carbocycles. The third-order valence-corrected chi connectivity index (χ3v) is 2.05. The maximum Gasteiger partial charge on any atom is 0.533 e. The molecule has 1 rings (SSSR count). The molecule has 0 unspecified atom stereocenters. The average Bonchev–Trinajstić information content (AvgIpc) is 2.49. The number of amides is 2. The standard InChI is InChI=1S/C9H11NO5S/c1-6(16)4-5-14-9(13)15-10-7(11)2-3-8(10)12/h2-5H2,1H3. The highest BCUT2D eigenvalue weighted by molar-refractivity contribution is 7.80. The third kappa shape index (κ3) is 3.58. The van der Waals surface area contributed by atoms with E-state index in [-0.39, 0.29) is 19.4 Å². The fourth-order valence-corrected chi connectivity index (χ4v) is 1.12. The minimum absolute atomic E-state index is 0.0607. The topological polar surface area (TPSA) is 72.9 Å². The fourth-order valence-electron chi connectivity index (χ4n) is 1.04. The molecule has 1 saturated heterocycles. The van der Waals surface area contributed by atoms with E-state index in [2.05, 4.69) is 9.57 Å². The molecule has 88 valence electrons. The van der Waals surface area contributed by atoms with Gasteiger partial charge in [0.05, 0.1) is 6.61 Å². The van der Waals surface area contributed by atoms with Crippen LogP contribution < -0.4 is 0 Å². The van der Waals surface area contributed by atoms with E-state index in [9.17, 15) is 14.4 Å². The van der Waals surface area contributed by atoms with Crippen LogP contribution in [-0.2, 0) is 19.2 Å². The molecular weight excluding hydrogens is 234 g/mol. The van der Waals surface area contributed by atoms with Gasteiger partial charge in [0, 0.05) is 19.3 Å². The zero-order chi connectivity index (χ0) is 12.1. The summed E-state index contributed by atoms with van der Waals surface area (Å²) in [7, 11) is 0. The van der Waals surface area contributed by atoms with Crippen LogP contribution in [0.25, 0.3) is 0 Å². The Morgan fingerprint density at radius 2 is 1.94 bits per heavy atom. The first-order chi connectivity index (χ1) is 7.50. The number of hydrogen-bond acceptors (Lipinski definition) is 6. The molecular formula is C9H11NO5S. The molecule has 0 atom stereocenters. The Labute approximate surface area is 97.4 Å². The Morgan fingerprint density at radius 1 is 1.38 bits per heavy atom. The summed E-state index contributed by atoms with van der Waals surface area (Å²) >= 11 is 4.78. The number of hydroxylamine groups is 2. The number of carbonyl (C=O) groups is 3. The monoisotopic (exact) mass is 245 g/mol.